The third-order valence-electron chi connectivity index (χ3n) is 3.84. The van der Waals surface area contributed by atoms with E-state index in [1.807, 2.05) is 6.07 Å². The molecule has 3 heterocycles. The number of pyridine rings is 1. The van der Waals surface area contributed by atoms with E-state index >= 15 is 0 Å². The lowest BCUT2D eigenvalue weighted by Crippen LogP contribution is -2.18. The maximum atomic E-state index is 12.8. The molecule has 0 aliphatic carbocycles. The van der Waals surface area contributed by atoms with Crippen LogP contribution in [0.5, 0.6) is 0 Å². The molecule has 1 aliphatic heterocycles. The van der Waals surface area contributed by atoms with Crippen molar-refractivity contribution in [3.05, 3.63) is 41.3 Å². The zero-order chi connectivity index (χ0) is 17.3. The Kier molecular flexibility index (Phi) is 4.16. The number of carboxylic acid groups (broad SMARTS) is 1. The highest BCUT2D eigenvalue weighted by Gasteiger charge is 2.39. The Morgan fingerprint density at radius 2 is 1.96 bits per heavy atom. The fourth-order valence-electron chi connectivity index (χ4n) is 2.70. The highest BCUT2D eigenvalue weighted by molar-refractivity contribution is 5.88. The fourth-order valence-corrected chi connectivity index (χ4v) is 2.70. The predicted octanol–water partition coefficient (Wildman–Crippen LogP) is 2.64. The minimum atomic E-state index is -4.81. The molecule has 0 atom stereocenters. The van der Waals surface area contributed by atoms with E-state index in [4.69, 9.17) is 5.11 Å². The lowest BCUT2D eigenvalue weighted by atomic mass is 10.2. The maximum absolute atomic E-state index is 12.8. The van der Waals surface area contributed by atoms with Crippen molar-refractivity contribution in [2.24, 2.45) is 0 Å². The molecule has 0 amide bonds. The van der Waals surface area contributed by atoms with Crippen molar-refractivity contribution in [2.75, 3.05) is 18.0 Å². The third kappa shape index (κ3) is 3.34. The Labute approximate surface area is 135 Å². The molecule has 0 unspecified atom stereocenters. The molecule has 3 rings (SSSR count). The number of anilines is 1. The SMILES string of the molecule is O=C(O)c1cn(Cc2ccc(N3CCCC3)nc2)nc1C(F)(F)F. The molecular weight excluding hydrogens is 325 g/mol. The number of rotatable bonds is 4. The number of hydrogen-bond acceptors (Lipinski definition) is 4. The lowest BCUT2D eigenvalue weighted by Gasteiger charge is -2.16. The average molecular weight is 340 g/mol. The maximum Gasteiger partial charge on any atom is 0.436 e. The smallest absolute Gasteiger partial charge is 0.436 e. The van der Waals surface area contributed by atoms with Gasteiger partial charge in [0.15, 0.2) is 5.69 Å². The minimum Gasteiger partial charge on any atom is -0.478 e. The first-order chi connectivity index (χ1) is 11.3. The van der Waals surface area contributed by atoms with Gasteiger partial charge in [0.05, 0.1) is 6.54 Å². The van der Waals surface area contributed by atoms with Gasteiger partial charge < -0.3 is 10.0 Å². The number of aromatic carboxylic acids is 1. The largest absolute Gasteiger partial charge is 0.478 e. The van der Waals surface area contributed by atoms with Crippen LogP contribution < -0.4 is 4.90 Å². The summed E-state index contributed by atoms with van der Waals surface area (Å²) in [6.45, 7) is 1.91. The van der Waals surface area contributed by atoms with Crippen LogP contribution in [-0.4, -0.2) is 38.9 Å². The van der Waals surface area contributed by atoms with Crippen LogP contribution in [0.4, 0.5) is 19.0 Å². The van der Waals surface area contributed by atoms with Gasteiger partial charge in [-0.25, -0.2) is 9.78 Å². The van der Waals surface area contributed by atoms with Crippen LogP contribution in [0.2, 0.25) is 0 Å². The van der Waals surface area contributed by atoms with Crippen LogP contribution in [0.25, 0.3) is 0 Å². The summed E-state index contributed by atoms with van der Waals surface area (Å²) >= 11 is 0. The van der Waals surface area contributed by atoms with Gasteiger partial charge in [-0.3, -0.25) is 4.68 Å². The van der Waals surface area contributed by atoms with Gasteiger partial charge in [0.25, 0.3) is 0 Å². The third-order valence-corrected chi connectivity index (χ3v) is 3.84. The Morgan fingerprint density at radius 1 is 1.25 bits per heavy atom. The standard InChI is InChI=1S/C15H15F3N4O2/c16-15(17,18)13-11(14(23)24)9-22(20-13)8-10-3-4-12(19-7-10)21-5-1-2-6-21/h3-4,7,9H,1-2,5-6,8H2,(H,23,24). The number of alkyl halides is 3. The predicted molar refractivity (Wildman–Crippen MR) is 79.0 cm³/mol. The zero-order valence-corrected chi connectivity index (χ0v) is 12.6. The molecule has 2 aromatic rings. The number of carbonyl (C=O) groups is 1. The molecule has 2 aromatic heterocycles. The van der Waals surface area contributed by atoms with Gasteiger partial charge in [-0.15, -0.1) is 0 Å². The highest BCUT2D eigenvalue weighted by Crippen LogP contribution is 2.30. The van der Waals surface area contributed by atoms with Gasteiger partial charge in [-0.05, 0) is 24.5 Å². The summed E-state index contributed by atoms with van der Waals surface area (Å²) in [4.78, 5) is 17.4. The van der Waals surface area contributed by atoms with E-state index in [-0.39, 0.29) is 6.54 Å². The first kappa shape index (κ1) is 16.3. The molecule has 1 aliphatic rings. The van der Waals surface area contributed by atoms with Crippen molar-refractivity contribution in [3.8, 4) is 0 Å². The van der Waals surface area contributed by atoms with Crippen molar-refractivity contribution in [3.63, 3.8) is 0 Å². The summed E-state index contributed by atoms with van der Waals surface area (Å²) in [6.07, 6.45) is -0.108. The van der Waals surface area contributed by atoms with E-state index in [0.717, 1.165) is 42.6 Å². The Morgan fingerprint density at radius 3 is 2.46 bits per heavy atom. The average Bonchev–Trinajstić information content (AvgIpc) is 3.16. The van der Waals surface area contributed by atoms with Crippen molar-refractivity contribution < 1.29 is 23.1 Å². The van der Waals surface area contributed by atoms with Crippen molar-refractivity contribution >= 4 is 11.8 Å². The van der Waals surface area contributed by atoms with Crippen LogP contribution in [0.3, 0.4) is 0 Å². The van der Waals surface area contributed by atoms with Crippen molar-refractivity contribution in [1.29, 1.82) is 0 Å². The topological polar surface area (TPSA) is 71.2 Å². The molecule has 24 heavy (non-hydrogen) atoms. The number of halogens is 3. The number of carboxylic acids is 1. The number of hydrogen-bond donors (Lipinski definition) is 1. The van der Waals surface area contributed by atoms with Crippen molar-refractivity contribution in [1.82, 2.24) is 14.8 Å². The highest BCUT2D eigenvalue weighted by atomic mass is 19.4. The van der Waals surface area contributed by atoms with Gasteiger partial charge in [-0.1, -0.05) is 6.07 Å². The summed E-state index contributed by atoms with van der Waals surface area (Å²) in [5.74, 6) is -0.824. The lowest BCUT2D eigenvalue weighted by molar-refractivity contribution is -0.142. The van der Waals surface area contributed by atoms with Gasteiger partial charge in [0.1, 0.15) is 11.4 Å². The van der Waals surface area contributed by atoms with Crippen molar-refractivity contribution in [2.45, 2.75) is 25.6 Å². The molecule has 0 aromatic carbocycles. The molecule has 1 saturated heterocycles. The first-order valence-corrected chi connectivity index (χ1v) is 7.42. The summed E-state index contributed by atoms with van der Waals surface area (Å²) < 4.78 is 39.5. The second-order valence-corrected chi connectivity index (χ2v) is 5.61. The summed E-state index contributed by atoms with van der Waals surface area (Å²) in [7, 11) is 0. The van der Waals surface area contributed by atoms with Crippen LogP contribution in [-0.2, 0) is 12.7 Å². The van der Waals surface area contributed by atoms with E-state index in [2.05, 4.69) is 15.0 Å². The molecule has 0 radical (unpaired) electrons. The van der Waals surface area contributed by atoms with E-state index in [1.165, 1.54) is 0 Å². The van der Waals surface area contributed by atoms with E-state index in [0.29, 0.717) is 5.56 Å². The van der Waals surface area contributed by atoms with Gasteiger partial charge in [-0.2, -0.15) is 18.3 Å². The van der Waals surface area contributed by atoms with Gasteiger partial charge in [0.2, 0.25) is 0 Å². The first-order valence-electron chi connectivity index (χ1n) is 7.42. The molecule has 128 valence electrons. The Balaban J connectivity index is 1.79. The Bertz CT molecular complexity index is 734. The molecule has 6 nitrogen and oxygen atoms in total. The van der Waals surface area contributed by atoms with Crippen LogP contribution in [0.1, 0.15) is 34.5 Å². The van der Waals surface area contributed by atoms with Crippen LogP contribution in [0, 0.1) is 0 Å². The molecule has 0 bridgehead atoms. The van der Waals surface area contributed by atoms with Crippen LogP contribution in [0.15, 0.2) is 24.5 Å². The van der Waals surface area contributed by atoms with Crippen LogP contribution >= 0.6 is 0 Å². The normalized spacial score (nSPS) is 15.0. The summed E-state index contributed by atoms with van der Waals surface area (Å²) in [5, 5.41) is 12.3. The monoisotopic (exact) mass is 340 g/mol. The fraction of sp³-hybridized carbons (Fsp3) is 0.400. The molecular formula is C15H15F3N4O2. The second-order valence-electron chi connectivity index (χ2n) is 5.61. The number of aromatic nitrogens is 3. The zero-order valence-electron chi connectivity index (χ0n) is 12.6. The van der Waals surface area contributed by atoms with Gasteiger partial charge >= 0.3 is 12.1 Å². The van der Waals surface area contributed by atoms with E-state index < -0.39 is 23.4 Å². The molecule has 1 N–H and O–H groups in total. The summed E-state index contributed by atoms with van der Waals surface area (Å²) in [6, 6.07) is 3.57. The van der Waals surface area contributed by atoms with Gasteiger partial charge in [0, 0.05) is 25.5 Å². The molecule has 9 heteroatoms. The molecule has 0 saturated carbocycles. The van der Waals surface area contributed by atoms with E-state index in [1.54, 1.807) is 12.3 Å². The van der Waals surface area contributed by atoms with E-state index in [9.17, 15) is 18.0 Å². The number of nitrogens with zero attached hydrogens (tertiary/aromatic N) is 4. The minimum absolute atomic E-state index is 0.0175. The Hall–Kier alpha value is -2.58. The summed E-state index contributed by atoms with van der Waals surface area (Å²) in [5.41, 5.74) is -1.60. The second kappa shape index (κ2) is 6.14. The molecule has 1 fully saturated rings. The quantitative estimate of drug-likeness (QED) is 0.926. The molecule has 0 spiro atoms.